The number of hydrogen-bond donors (Lipinski definition) is 14. The molecule has 0 saturated carbocycles. The van der Waals surface area contributed by atoms with Gasteiger partial charge < -0.3 is 100 Å². The van der Waals surface area contributed by atoms with Crippen LogP contribution >= 0.6 is 0 Å². The van der Waals surface area contributed by atoms with Crippen molar-refractivity contribution in [1.82, 2.24) is 10.6 Å². The van der Waals surface area contributed by atoms with Gasteiger partial charge in [-0.1, -0.05) is 257 Å². The van der Waals surface area contributed by atoms with Crippen molar-refractivity contribution in [2.75, 3.05) is 26.4 Å². The van der Waals surface area contributed by atoms with Crippen molar-refractivity contribution in [3.8, 4) is 0 Å². The molecule has 3 rings (SSSR count). The zero-order valence-electron chi connectivity index (χ0n) is 57.8. The maximum atomic E-state index is 13.5. The quantitative estimate of drug-likeness (QED) is 0.0203. The van der Waals surface area contributed by atoms with Crippen LogP contribution in [0.4, 0.5) is 0 Å². The van der Waals surface area contributed by atoms with Crippen LogP contribution in [-0.4, -0.2) is 215 Å². The Kier molecular flexibility index (Phi) is 47.0. The van der Waals surface area contributed by atoms with Crippen LogP contribution in [0.1, 0.15) is 284 Å². The standard InChI is InChI=1S/C71H132N2O21/c1-4-6-8-10-12-14-16-18-20-22-23-24-25-26-27-28-29-31-33-35-37-39-41-43-45-58(81)73-52(53(78)44-42-40-38-36-34-32-30-21-19-17-15-13-11-9-7-5-2)50-89-68-63(85)62(84)65(57(49-76)91-68)92-69-64(86)67(61(83)56(48-75)90-69)94-71(70(87)88)46-54(79)59(72-51(3)77)66(93-71)60(82)55(80)47-74/h42,44,52-57,59-69,74-76,78-80,82-86H,4-41,43,45-50H2,1-3H3,(H,72,77)(H,73,81)(H,87,88)/b44-42+. The lowest BCUT2D eigenvalue weighted by Crippen LogP contribution is -2.70. The highest BCUT2D eigenvalue weighted by Crippen LogP contribution is 2.39. The molecule has 23 heteroatoms. The third kappa shape index (κ3) is 33.1. The third-order valence-electron chi connectivity index (χ3n) is 19.0. The second kappa shape index (κ2) is 51.6. The van der Waals surface area contributed by atoms with Crippen molar-refractivity contribution >= 4 is 17.8 Å². The lowest BCUT2D eigenvalue weighted by Gasteiger charge is -2.50. The van der Waals surface area contributed by atoms with Crippen LogP contribution in [0.5, 0.6) is 0 Å². The van der Waals surface area contributed by atoms with Crippen molar-refractivity contribution in [3.05, 3.63) is 12.2 Å². The maximum Gasteiger partial charge on any atom is 0.364 e. The van der Waals surface area contributed by atoms with Gasteiger partial charge in [-0.3, -0.25) is 9.59 Å². The summed E-state index contributed by atoms with van der Waals surface area (Å²) in [7, 11) is 0. The van der Waals surface area contributed by atoms with Gasteiger partial charge in [0.15, 0.2) is 12.6 Å². The Morgan fingerprint density at radius 3 is 1.41 bits per heavy atom. The second-order valence-electron chi connectivity index (χ2n) is 27.2. The number of ether oxygens (including phenoxy) is 6. The van der Waals surface area contributed by atoms with Crippen molar-refractivity contribution in [3.63, 3.8) is 0 Å². The molecule has 3 heterocycles. The van der Waals surface area contributed by atoms with E-state index in [1.54, 1.807) is 6.08 Å². The smallest absolute Gasteiger partial charge is 0.364 e. The first-order chi connectivity index (χ1) is 45.4. The van der Waals surface area contributed by atoms with Crippen molar-refractivity contribution < 1.29 is 104 Å². The summed E-state index contributed by atoms with van der Waals surface area (Å²) in [6, 6.07) is -2.61. The van der Waals surface area contributed by atoms with E-state index in [9.17, 15) is 75.7 Å². The molecule has 3 fully saturated rings. The molecule has 18 atom stereocenters. The fraction of sp³-hybridized carbons (Fsp3) is 0.930. The number of carbonyl (C=O) groups excluding carboxylic acids is 2. The predicted octanol–water partition coefficient (Wildman–Crippen LogP) is 7.85. The average Bonchev–Trinajstić information content (AvgIpc) is 0.760. The van der Waals surface area contributed by atoms with Crippen LogP contribution in [0, 0.1) is 0 Å². The molecule has 0 aromatic carbocycles. The monoisotopic (exact) mass is 1350 g/mol. The number of unbranched alkanes of at least 4 members (excludes halogenated alkanes) is 37. The van der Waals surface area contributed by atoms with Gasteiger partial charge in [-0.2, -0.15) is 0 Å². The number of aliphatic hydroxyl groups excluding tert-OH is 11. The van der Waals surface area contributed by atoms with Gasteiger partial charge in [0.1, 0.15) is 67.1 Å². The molecule has 0 aromatic rings. The van der Waals surface area contributed by atoms with E-state index in [0.29, 0.717) is 12.8 Å². The molecule has 0 radical (unpaired) electrons. The fourth-order valence-corrected chi connectivity index (χ4v) is 13.1. The van der Waals surface area contributed by atoms with Gasteiger partial charge in [0.25, 0.3) is 5.79 Å². The Bertz CT molecular complexity index is 1940. The van der Waals surface area contributed by atoms with Gasteiger partial charge in [0.2, 0.25) is 11.8 Å². The highest BCUT2D eigenvalue weighted by atomic mass is 16.8. The molecule has 3 aliphatic rings. The molecule has 0 bridgehead atoms. The first-order valence-electron chi connectivity index (χ1n) is 37.1. The summed E-state index contributed by atoms with van der Waals surface area (Å²) < 4.78 is 34.8. The molecule has 552 valence electrons. The Labute approximate surface area is 562 Å². The summed E-state index contributed by atoms with van der Waals surface area (Å²) in [5.41, 5.74) is 0. The van der Waals surface area contributed by atoms with Gasteiger partial charge >= 0.3 is 5.97 Å². The van der Waals surface area contributed by atoms with E-state index in [1.165, 1.54) is 193 Å². The van der Waals surface area contributed by atoms with Crippen LogP contribution in [0.25, 0.3) is 0 Å². The molecule has 0 spiro atoms. The largest absolute Gasteiger partial charge is 0.477 e. The molecule has 94 heavy (non-hydrogen) atoms. The highest BCUT2D eigenvalue weighted by molar-refractivity contribution is 5.77. The van der Waals surface area contributed by atoms with Crippen molar-refractivity contribution in [2.24, 2.45) is 0 Å². The predicted molar refractivity (Wildman–Crippen MR) is 357 cm³/mol. The highest BCUT2D eigenvalue weighted by Gasteiger charge is 2.60. The number of allylic oxidation sites excluding steroid dienone is 1. The van der Waals surface area contributed by atoms with Gasteiger partial charge in [-0.05, 0) is 19.3 Å². The number of aliphatic hydroxyl groups is 11. The average molecular weight is 1350 g/mol. The van der Waals surface area contributed by atoms with E-state index in [0.717, 1.165) is 51.9 Å². The number of rotatable bonds is 57. The summed E-state index contributed by atoms with van der Waals surface area (Å²) in [6.07, 6.45) is 22.5. The Balaban J connectivity index is 1.55. The molecule has 23 nitrogen and oxygen atoms in total. The molecule has 0 aromatic heterocycles. The second-order valence-corrected chi connectivity index (χ2v) is 27.2. The number of hydrogen-bond acceptors (Lipinski definition) is 20. The zero-order chi connectivity index (χ0) is 68.9. The molecule has 0 aliphatic carbocycles. The van der Waals surface area contributed by atoms with Gasteiger partial charge in [-0.25, -0.2) is 4.79 Å². The fourth-order valence-electron chi connectivity index (χ4n) is 13.1. The number of carboxylic acid groups (broad SMARTS) is 1. The first kappa shape index (κ1) is 85.7. The normalized spacial score (nSPS) is 27.9. The minimum atomic E-state index is -3.08. The van der Waals surface area contributed by atoms with Crippen LogP contribution in [-0.2, 0) is 42.8 Å². The molecular weight excluding hydrogens is 1220 g/mol. The summed E-state index contributed by atoms with van der Waals surface area (Å²) in [4.78, 5) is 38.6. The molecule has 18 unspecified atom stereocenters. The van der Waals surface area contributed by atoms with Gasteiger partial charge in [0, 0.05) is 19.8 Å². The number of carbonyl (C=O) groups is 3. The minimum absolute atomic E-state index is 0.205. The zero-order valence-corrected chi connectivity index (χ0v) is 57.8. The summed E-state index contributed by atoms with van der Waals surface area (Å²) in [5, 5.41) is 136. The summed E-state index contributed by atoms with van der Waals surface area (Å²) >= 11 is 0. The van der Waals surface area contributed by atoms with Crippen LogP contribution in [0.15, 0.2) is 12.2 Å². The molecule has 2 amide bonds. The Hall–Kier alpha value is -2.53. The van der Waals surface area contributed by atoms with E-state index in [2.05, 4.69) is 24.5 Å². The topological polar surface area (TPSA) is 373 Å². The van der Waals surface area contributed by atoms with E-state index in [4.69, 9.17) is 28.4 Å². The Morgan fingerprint density at radius 2 is 0.989 bits per heavy atom. The lowest BCUT2D eigenvalue weighted by molar-refractivity contribution is -0.386. The van der Waals surface area contributed by atoms with Crippen LogP contribution < -0.4 is 10.6 Å². The van der Waals surface area contributed by atoms with Gasteiger partial charge in [-0.15, -0.1) is 0 Å². The number of aliphatic carboxylic acids is 1. The van der Waals surface area contributed by atoms with E-state index in [-0.39, 0.29) is 12.3 Å². The van der Waals surface area contributed by atoms with E-state index < -0.39 is 155 Å². The SMILES string of the molecule is CCCCCCCCCCCCCCCC/C=C/C(O)C(COC1OC(CO)C(OC2OC(CO)C(O)C(OC3(C(=O)O)CC(O)C(NC(C)=O)C(C(O)C(O)CO)O3)C2O)C(O)C1O)NC(=O)CCCCCCCCCCCCCCCCCCCCCCCCCC. The Morgan fingerprint density at radius 1 is 0.553 bits per heavy atom. The maximum absolute atomic E-state index is 13.5. The molecule has 3 saturated heterocycles. The van der Waals surface area contributed by atoms with Crippen molar-refractivity contribution in [2.45, 2.75) is 394 Å². The molecular formula is C71H132N2O21. The number of amides is 2. The summed E-state index contributed by atoms with van der Waals surface area (Å²) in [5.74, 6) is -6.13. The molecule has 14 N–H and O–H groups in total. The van der Waals surface area contributed by atoms with Crippen LogP contribution in [0.2, 0.25) is 0 Å². The number of nitrogens with one attached hydrogen (secondary N) is 2. The summed E-state index contributed by atoms with van der Waals surface area (Å²) in [6.45, 7) is 2.17. The van der Waals surface area contributed by atoms with E-state index in [1.807, 2.05) is 6.08 Å². The van der Waals surface area contributed by atoms with Crippen LogP contribution in [0.3, 0.4) is 0 Å². The van der Waals surface area contributed by atoms with E-state index >= 15 is 0 Å². The third-order valence-corrected chi connectivity index (χ3v) is 19.0. The molecule has 3 aliphatic heterocycles. The lowest BCUT2D eigenvalue weighted by atomic mass is 9.88. The minimum Gasteiger partial charge on any atom is -0.477 e. The number of carboxylic acids is 1. The van der Waals surface area contributed by atoms with Gasteiger partial charge in [0.05, 0.1) is 50.7 Å². The first-order valence-corrected chi connectivity index (χ1v) is 37.1. The van der Waals surface area contributed by atoms with Crippen molar-refractivity contribution in [1.29, 1.82) is 0 Å².